The summed E-state index contributed by atoms with van der Waals surface area (Å²) < 4.78 is 7.78. The smallest absolute Gasteiger partial charge is 0.300 e. The first-order chi connectivity index (χ1) is 9.02. The highest BCUT2D eigenvalue weighted by Crippen LogP contribution is 2.27. The van der Waals surface area contributed by atoms with Crippen LogP contribution in [0, 0.1) is 5.92 Å². The zero-order chi connectivity index (χ0) is 14.0. The maximum Gasteiger partial charge on any atom is 0.300 e. The van der Waals surface area contributed by atoms with Gasteiger partial charge in [-0.15, -0.1) is 11.3 Å². The summed E-state index contributed by atoms with van der Waals surface area (Å²) in [5.74, 6) is 0.343. The molecule has 2 aromatic heterocycles. The van der Waals surface area contributed by atoms with Crippen molar-refractivity contribution in [3.63, 3.8) is 0 Å². The van der Waals surface area contributed by atoms with E-state index in [1.54, 1.807) is 10.6 Å². The monoisotopic (exact) mass is 300 g/mol. The first-order valence-electron chi connectivity index (χ1n) is 6.35. The number of ether oxygens (including phenoxy) is 1. The van der Waals surface area contributed by atoms with Crippen LogP contribution in [-0.4, -0.2) is 16.2 Å². The second-order valence-corrected chi connectivity index (χ2v) is 6.48. The van der Waals surface area contributed by atoms with Crippen LogP contribution in [0.1, 0.15) is 27.2 Å². The molecule has 2 aromatic rings. The third-order valence-corrected chi connectivity index (χ3v) is 3.73. The molecule has 0 aromatic carbocycles. The summed E-state index contributed by atoms with van der Waals surface area (Å²) in [7, 11) is 0. The molecule has 0 aliphatic rings. The summed E-state index contributed by atoms with van der Waals surface area (Å²) in [6.45, 7) is 7.27. The molecule has 0 saturated carbocycles. The Hall–Kier alpha value is -1.07. The van der Waals surface area contributed by atoms with E-state index in [9.17, 15) is 4.79 Å². The number of nitrogens with zero attached hydrogens (tertiary/aromatic N) is 2. The van der Waals surface area contributed by atoms with Crippen molar-refractivity contribution in [3.05, 3.63) is 20.8 Å². The zero-order valence-electron chi connectivity index (χ0n) is 11.3. The van der Waals surface area contributed by atoms with Gasteiger partial charge in [-0.2, -0.15) is 4.98 Å². The van der Waals surface area contributed by atoms with Crippen LogP contribution in [0.15, 0.2) is 10.9 Å². The Morgan fingerprint density at radius 2 is 2.26 bits per heavy atom. The molecule has 4 nitrogen and oxygen atoms in total. The van der Waals surface area contributed by atoms with Crippen molar-refractivity contribution in [2.24, 2.45) is 5.92 Å². The molecule has 2 heterocycles. The van der Waals surface area contributed by atoms with Crippen molar-refractivity contribution in [2.75, 3.05) is 6.61 Å². The Morgan fingerprint density at radius 3 is 2.89 bits per heavy atom. The van der Waals surface area contributed by atoms with Gasteiger partial charge >= 0.3 is 6.01 Å². The molecular formula is C13H17ClN2O2S. The topological polar surface area (TPSA) is 44.1 Å². The summed E-state index contributed by atoms with van der Waals surface area (Å²) in [6, 6.07) is 2.07. The van der Waals surface area contributed by atoms with Crippen LogP contribution in [0.4, 0.5) is 0 Å². The van der Waals surface area contributed by atoms with Crippen LogP contribution in [0.3, 0.4) is 0 Å². The number of hydrogen-bond donors (Lipinski definition) is 0. The second kappa shape index (κ2) is 5.92. The van der Waals surface area contributed by atoms with Crippen LogP contribution in [-0.2, 0) is 6.54 Å². The number of hydrogen-bond acceptors (Lipinski definition) is 4. The lowest BCUT2D eigenvalue weighted by molar-refractivity contribution is 0.267. The Labute approximate surface area is 121 Å². The minimum atomic E-state index is -0.0760. The molecule has 0 fully saturated rings. The van der Waals surface area contributed by atoms with Crippen LogP contribution in [0.25, 0.3) is 10.2 Å². The summed E-state index contributed by atoms with van der Waals surface area (Å²) in [6.07, 6.45) is 0.876. The van der Waals surface area contributed by atoms with Crippen LogP contribution >= 0.6 is 22.9 Å². The maximum absolute atomic E-state index is 12.5. The third kappa shape index (κ3) is 3.09. The molecule has 0 radical (unpaired) electrons. The quantitative estimate of drug-likeness (QED) is 0.848. The minimum Gasteiger partial charge on any atom is -0.465 e. The fourth-order valence-corrected chi connectivity index (χ4v) is 2.87. The predicted octanol–water partition coefficient (Wildman–Crippen LogP) is 3.56. The van der Waals surface area contributed by atoms with E-state index >= 15 is 0 Å². The van der Waals surface area contributed by atoms with Gasteiger partial charge in [0.25, 0.3) is 5.56 Å². The fraction of sp³-hybridized carbons (Fsp3) is 0.538. The molecule has 6 heteroatoms. The molecular weight excluding hydrogens is 284 g/mol. The molecule has 0 spiro atoms. The highest BCUT2D eigenvalue weighted by atomic mass is 35.5. The Balaban J connectivity index is 2.58. The number of aromatic nitrogens is 2. The van der Waals surface area contributed by atoms with Gasteiger partial charge in [0.2, 0.25) is 0 Å². The molecule has 0 aliphatic carbocycles. The van der Waals surface area contributed by atoms with Crippen LogP contribution in [0.2, 0.25) is 4.34 Å². The van der Waals surface area contributed by atoms with Crippen LogP contribution < -0.4 is 10.3 Å². The SMILES string of the molecule is CCCOc1nc2sc(Cl)cc2c(=O)n1CC(C)C. The van der Waals surface area contributed by atoms with Gasteiger partial charge in [-0.1, -0.05) is 32.4 Å². The zero-order valence-corrected chi connectivity index (χ0v) is 12.8. The third-order valence-electron chi connectivity index (χ3n) is 2.57. The standard InChI is InChI=1S/C13H17ClN2O2S/c1-4-5-18-13-15-11-9(6-10(14)19-11)12(17)16(13)7-8(2)3/h6,8H,4-5,7H2,1-3H3. The maximum atomic E-state index is 12.5. The highest BCUT2D eigenvalue weighted by molar-refractivity contribution is 7.22. The Morgan fingerprint density at radius 1 is 1.53 bits per heavy atom. The Bertz CT molecular complexity index is 633. The predicted molar refractivity (Wildman–Crippen MR) is 79.5 cm³/mol. The van der Waals surface area contributed by atoms with Crippen molar-refractivity contribution < 1.29 is 4.74 Å². The molecule has 0 bridgehead atoms. The van der Waals surface area contributed by atoms with E-state index in [0.717, 1.165) is 6.42 Å². The highest BCUT2D eigenvalue weighted by Gasteiger charge is 2.15. The summed E-state index contributed by atoms with van der Waals surface area (Å²) >= 11 is 7.26. The van der Waals surface area contributed by atoms with Gasteiger partial charge in [0.05, 0.1) is 16.3 Å². The van der Waals surface area contributed by atoms with Crippen molar-refractivity contribution >= 4 is 33.2 Å². The minimum absolute atomic E-state index is 0.0760. The van der Waals surface area contributed by atoms with E-state index in [-0.39, 0.29) is 5.56 Å². The normalized spacial score (nSPS) is 11.4. The molecule has 0 amide bonds. The van der Waals surface area contributed by atoms with E-state index < -0.39 is 0 Å². The van der Waals surface area contributed by atoms with E-state index in [1.165, 1.54) is 11.3 Å². The fourth-order valence-electron chi connectivity index (χ4n) is 1.80. The molecule has 0 N–H and O–H groups in total. The van der Waals surface area contributed by atoms with Crippen LogP contribution in [0.5, 0.6) is 6.01 Å². The van der Waals surface area contributed by atoms with Gasteiger partial charge in [0.1, 0.15) is 4.83 Å². The van der Waals surface area contributed by atoms with Gasteiger partial charge in [0.15, 0.2) is 0 Å². The summed E-state index contributed by atoms with van der Waals surface area (Å²) in [5, 5.41) is 0.569. The lowest BCUT2D eigenvalue weighted by atomic mass is 10.2. The molecule has 0 aliphatic heterocycles. The summed E-state index contributed by atoms with van der Waals surface area (Å²) in [5.41, 5.74) is -0.0760. The van der Waals surface area contributed by atoms with Crippen molar-refractivity contribution in [2.45, 2.75) is 33.7 Å². The number of halogens is 1. The van der Waals surface area contributed by atoms with E-state index in [2.05, 4.69) is 18.8 Å². The van der Waals surface area contributed by atoms with E-state index in [4.69, 9.17) is 16.3 Å². The lowest BCUT2D eigenvalue weighted by Crippen LogP contribution is -2.25. The van der Waals surface area contributed by atoms with E-state index in [1.807, 2.05) is 6.92 Å². The van der Waals surface area contributed by atoms with Gasteiger partial charge in [-0.05, 0) is 18.4 Å². The lowest BCUT2D eigenvalue weighted by Gasteiger charge is -2.14. The molecule has 0 saturated heterocycles. The van der Waals surface area contributed by atoms with Gasteiger partial charge in [0, 0.05) is 6.54 Å². The van der Waals surface area contributed by atoms with Gasteiger partial charge in [-0.25, -0.2) is 0 Å². The summed E-state index contributed by atoms with van der Waals surface area (Å²) in [4.78, 5) is 17.5. The average Bonchev–Trinajstić information content (AvgIpc) is 2.71. The molecule has 0 unspecified atom stereocenters. The van der Waals surface area contributed by atoms with E-state index in [0.29, 0.717) is 39.6 Å². The number of fused-ring (bicyclic) bond motifs is 1. The number of thiophene rings is 1. The average molecular weight is 301 g/mol. The van der Waals surface area contributed by atoms with Crippen molar-refractivity contribution in [1.29, 1.82) is 0 Å². The largest absolute Gasteiger partial charge is 0.465 e. The first-order valence-corrected chi connectivity index (χ1v) is 7.55. The second-order valence-electron chi connectivity index (χ2n) is 4.82. The molecule has 19 heavy (non-hydrogen) atoms. The van der Waals surface area contributed by atoms with Gasteiger partial charge in [-0.3, -0.25) is 9.36 Å². The molecule has 104 valence electrons. The van der Waals surface area contributed by atoms with Crippen molar-refractivity contribution in [1.82, 2.24) is 9.55 Å². The Kier molecular flexibility index (Phi) is 4.47. The molecule has 0 atom stereocenters. The molecule has 2 rings (SSSR count). The number of rotatable bonds is 5. The van der Waals surface area contributed by atoms with Gasteiger partial charge < -0.3 is 4.74 Å². The van der Waals surface area contributed by atoms with Crippen molar-refractivity contribution in [3.8, 4) is 6.01 Å². The first kappa shape index (κ1) is 14.3.